The number of aromatic nitrogens is 2. The van der Waals surface area contributed by atoms with Crippen LogP contribution in [-0.2, 0) is 6.18 Å². The van der Waals surface area contributed by atoms with E-state index in [1.807, 2.05) is 0 Å². The lowest BCUT2D eigenvalue weighted by molar-refractivity contribution is -0.144. The van der Waals surface area contributed by atoms with Gasteiger partial charge in [-0.15, -0.1) is 0 Å². The van der Waals surface area contributed by atoms with Crippen molar-refractivity contribution in [3.63, 3.8) is 0 Å². The molecule has 27 heavy (non-hydrogen) atoms. The number of hydrogen-bond donors (Lipinski definition) is 3. The van der Waals surface area contributed by atoms with Crippen molar-refractivity contribution in [2.75, 3.05) is 10.7 Å². The molecule has 2 aromatic carbocycles. The first-order valence-electron chi connectivity index (χ1n) is 7.67. The van der Waals surface area contributed by atoms with E-state index in [1.54, 1.807) is 43.3 Å². The number of amides is 2. The fourth-order valence-electron chi connectivity index (χ4n) is 2.29. The third-order valence-electron chi connectivity index (χ3n) is 3.52. The first-order valence-corrected chi connectivity index (χ1v) is 8.05. The first kappa shape index (κ1) is 18.7. The number of aryl methyl sites for hydroxylation is 1. The summed E-state index contributed by atoms with van der Waals surface area (Å²) in [5.74, 6) is -1.49. The summed E-state index contributed by atoms with van der Waals surface area (Å²) in [6, 6.07) is 10.6. The number of alkyl halides is 3. The SMILES string of the molecule is Cc1ccc2c(NNC(=O)Nc3ccccc3Cl)nc(C(F)(F)F)nc2c1. The molecule has 1 heterocycles. The maximum atomic E-state index is 13.1. The largest absolute Gasteiger partial charge is 0.451 e. The van der Waals surface area contributed by atoms with Crippen LogP contribution in [-0.4, -0.2) is 16.0 Å². The number of para-hydroxylation sites is 1. The minimum atomic E-state index is -4.73. The number of anilines is 2. The molecule has 2 amide bonds. The predicted octanol–water partition coefficient (Wildman–Crippen LogP) is 4.76. The van der Waals surface area contributed by atoms with Gasteiger partial charge in [0, 0.05) is 5.39 Å². The van der Waals surface area contributed by atoms with Gasteiger partial charge < -0.3 is 5.32 Å². The number of fused-ring (bicyclic) bond motifs is 1. The van der Waals surface area contributed by atoms with Crippen LogP contribution in [0.4, 0.5) is 29.5 Å². The van der Waals surface area contributed by atoms with Crippen molar-refractivity contribution in [1.82, 2.24) is 15.4 Å². The second-order valence-electron chi connectivity index (χ2n) is 5.60. The van der Waals surface area contributed by atoms with E-state index in [-0.39, 0.29) is 11.3 Å². The average molecular weight is 396 g/mol. The van der Waals surface area contributed by atoms with Gasteiger partial charge in [-0.25, -0.2) is 14.8 Å². The van der Waals surface area contributed by atoms with Crippen LogP contribution in [0.25, 0.3) is 10.9 Å². The Hall–Kier alpha value is -3.07. The molecule has 3 aromatic rings. The molecule has 0 aliphatic heterocycles. The van der Waals surface area contributed by atoms with Crippen LogP contribution >= 0.6 is 11.6 Å². The highest BCUT2D eigenvalue weighted by Crippen LogP contribution is 2.30. The molecule has 0 aliphatic carbocycles. The minimum absolute atomic E-state index is 0.105. The summed E-state index contributed by atoms with van der Waals surface area (Å²) >= 11 is 5.94. The van der Waals surface area contributed by atoms with E-state index in [0.717, 1.165) is 5.56 Å². The molecule has 6 nitrogen and oxygen atoms in total. The number of hydrogen-bond acceptors (Lipinski definition) is 4. The zero-order valence-corrected chi connectivity index (χ0v) is 14.6. The zero-order chi connectivity index (χ0) is 19.6. The third-order valence-corrected chi connectivity index (χ3v) is 3.85. The molecule has 0 fully saturated rings. The number of hydrazine groups is 1. The second kappa shape index (κ2) is 7.28. The first-order chi connectivity index (χ1) is 12.7. The molecule has 0 bridgehead atoms. The van der Waals surface area contributed by atoms with Gasteiger partial charge in [0.2, 0.25) is 5.82 Å². The maximum absolute atomic E-state index is 13.1. The molecule has 1 aromatic heterocycles. The molecule has 3 N–H and O–H groups in total. The Balaban J connectivity index is 1.85. The van der Waals surface area contributed by atoms with Gasteiger partial charge in [-0.3, -0.25) is 10.9 Å². The number of carbonyl (C=O) groups excluding carboxylic acids is 1. The molecular formula is C17H13ClF3N5O. The van der Waals surface area contributed by atoms with Crippen LogP contribution < -0.4 is 16.2 Å². The number of nitrogens with zero attached hydrogens (tertiary/aromatic N) is 2. The highest BCUT2D eigenvalue weighted by Gasteiger charge is 2.35. The Morgan fingerprint density at radius 2 is 1.85 bits per heavy atom. The van der Waals surface area contributed by atoms with E-state index in [0.29, 0.717) is 16.1 Å². The van der Waals surface area contributed by atoms with E-state index in [4.69, 9.17) is 11.6 Å². The Kier molecular flexibility index (Phi) is 5.04. The summed E-state index contributed by atoms with van der Waals surface area (Å²) in [6.45, 7) is 1.73. The maximum Gasteiger partial charge on any atom is 0.451 e. The molecule has 10 heteroatoms. The van der Waals surface area contributed by atoms with Crippen molar-refractivity contribution < 1.29 is 18.0 Å². The molecule has 140 valence electrons. The average Bonchev–Trinajstić information content (AvgIpc) is 2.60. The highest BCUT2D eigenvalue weighted by atomic mass is 35.5. The Morgan fingerprint density at radius 3 is 2.56 bits per heavy atom. The summed E-state index contributed by atoms with van der Waals surface area (Å²) in [5, 5.41) is 3.11. The third kappa shape index (κ3) is 4.37. The Labute approximate surface area is 156 Å². The van der Waals surface area contributed by atoms with Crippen LogP contribution in [0.3, 0.4) is 0 Å². The van der Waals surface area contributed by atoms with Crippen molar-refractivity contribution in [3.8, 4) is 0 Å². The molecule has 0 spiro atoms. The van der Waals surface area contributed by atoms with E-state index < -0.39 is 18.0 Å². The van der Waals surface area contributed by atoms with Crippen LogP contribution in [0.15, 0.2) is 42.5 Å². The van der Waals surface area contributed by atoms with E-state index >= 15 is 0 Å². The van der Waals surface area contributed by atoms with Gasteiger partial charge in [0.15, 0.2) is 5.82 Å². The molecular weight excluding hydrogens is 383 g/mol. The molecule has 0 atom stereocenters. The summed E-state index contributed by atoms with van der Waals surface area (Å²) in [7, 11) is 0. The van der Waals surface area contributed by atoms with Gasteiger partial charge >= 0.3 is 12.2 Å². The summed E-state index contributed by atoms with van der Waals surface area (Å²) < 4.78 is 39.2. The standard InChI is InChI=1S/C17H13ClF3N5O/c1-9-6-7-10-13(8-9)22-15(17(19,20)21)24-14(10)25-26-16(27)23-12-5-3-2-4-11(12)18/h2-8H,1H3,(H,22,24,25)(H2,23,26,27). The topological polar surface area (TPSA) is 78.9 Å². The number of benzene rings is 2. The van der Waals surface area contributed by atoms with E-state index in [2.05, 4.69) is 26.1 Å². The zero-order valence-electron chi connectivity index (χ0n) is 13.9. The monoisotopic (exact) mass is 395 g/mol. The number of nitrogens with one attached hydrogen (secondary N) is 3. The smallest absolute Gasteiger partial charge is 0.305 e. The van der Waals surface area contributed by atoms with Crippen molar-refractivity contribution in [2.24, 2.45) is 0 Å². The van der Waals surface area contributed by atoms with Crippen molar-refractivity contribution in [2.45, 2.75) is 13.1 Å². The van der Waals surface area contributed by atoms with Gasteiger partial charge in [0.05, 0.1) is 16.2 Å². The summed E-state index contributed by atoms with van der Waals surface area (Å²) in [5.41, 5.74) is 5.84. The van der Waals surface area contributed by atoms with Gasteiger partial charge in [-0.05, 0) is 36.8 Å². The van der Waals surface area contributed by atoms with E-state index in [9.17, 15) is 18.0 Å². The molecule has 0 unspecified atom stereocenters. The molecule has 3 rings (SSSR count). The normalized spacial score (nSPS) is 11.3. The van der Waals surface area contributed by atoms with Crippen molar-refractivity contribution in [3.05, 3.63) is 58.9 Å². The Bertz CT molecular complexity index is 1010. The number of rotatable bonds is 3. The van der Waals surface area contributed by atoms with Crippen LogP contribution in [0, 0.1) is 6.92 Å². The van der Waals surface area contributed by atoms with Gasteiger partial charge in [0.25, 0.3) is 0 Å². The lowest BCUT2D eigenvalue weighted by Gasteiger charge is -2.14. The molecule has 0 radical (unpaired) electrons. The van der Waals surface area contributed by atoms with Gasteiger partial charge in [-0.1, -0.05) is 29.8 Å². The molecule has 0 saturated carbocycles. The summed E-state index contributed by atoms with van der Waals surface area (Å²) in [6.07, 6.45) is -4.73. The van der Waals surface area contributed by atoms with E-state index in [1.165, 1.54) is 6.07 Å². The lowest BCUT2D eigenvalue weighted by atomic mass is 10.1. The van der Waals surface area contributed by atoms with Gasteiger partial charge in [-0.2, -0.15) is 13.2 Å². The highest BCUT2D eigenvalue weighted by molar-refractivity contribution is 6.33. The predicted molar refractivity (Wildman–Crippen MR) is 96.5 cm³/mol. The van der Waals surface area contributed by atoms with Crippen LogP contribution in [0.2, 0.25) is 5.02 Å². The van der Waals surface area contributed by atoms with Crippen LogP contribution in [0.1, 0.15) is 11.4 Å². The van der Waals surface area contributed by atoms with Crippen molar-refractivity contribution >= 4 is 40.0 Å². The number of urea groups is 1. The van der Waals surface area contributed by atoms with Crippen LogP contribution in [0.5, 0.6) is 0 Å². The quantitative estimate of drug-likeness (QED) is 0.559. The number of carbonyl (C=O) groups is 1. The van der Waals surface area contributed by atoms with Crippen molar-refractivity contribution in [1.29, 1.82) is 0 Å². The fourth-order valence-corrected chi connectivity index (χ4v) is 2.48. The second-order valence-corrected chi connectivity index (χ2v) is 6.01. The fraction of sp³-hybridized carbons (Fsp3) is 0.118. The lowest BCUT2D eigenvalue weighted by Crippen LogP contribution is -2.34. The summed E-state index contributed by atoms with van der Waals surface area (Å²) in [4.78, 5) is 19.0. The Morgan fingerprint density at radius 1 is 1.11 bits per heavy atom. The molecule has 0 aliphatic rings. The van der Waals surface area contributed by atoms with Gasteiger partial charge in [0.1, 0.15) is 0 Å². The molecule has 0 saturated heterocycles. The minimum Gasteiger partial charge on any atom is -0.305 e. The number of halogens is 4.